The molecule has 23 heavy (non-hydrogen) atoms. The maximum atomic E-state index is 12.9. The van der Waals surface area contributed by atoms with Crippen molar-refractivity contribution in [1.82, 2.24) is 14.8 Å². The summed E-state index contributed by atoms with van der Waals surface area (Å²) in [5, 5.41) is 0. The van der Waals surface area contributed by atoms with Gasteiger partial charge in [-0.15, -0.1) is 0 Å². The van der Waals surface area contributed by atoms with Crippen molar-refractivity contribution in [3.63, 3.8) is 0 Å². The first-order valence-corrected chi connectivity index (χ1v) is 9.15. The van der Waals surface area contributed by atoms with Crippen molar-refractivity contribution >= 4 is 5.91 Å². The summed E-state index contributed by atoms with van der Waals surface area (Å²) in [5.74, 6) is 0.282. The van der Waals surface area contributed by atoms with E-state index in [-0.39, 0.29) is 11.9 Å². The van der Waals surface area contributed by atoms with Crippen molar-refractivity contribution in [1.29, 1.82) is 0 Å². The topological polar surface area (TPSA) is 36.4 Å². The standard InChI is InChI=1S/C19H31N3O/c1-3-13-22(16-11-18-10-6-7-12-20-18)19(23)17(2)21-14-8-4-5-9-15-21/h6-7,10,12,17H,3-5,8-9,11,13-16H2,1-2H3. The maximum absolute atomic E-state index is 12.9. The van der Waals surface area contributed by atoms with Crippen molar-refractivity contribution in [2.45, 2.75) is 58.4 Å². The van der Waals surface area contributed by atoms with Gasteiger partial charge in [0.25, 0.3) is 0 Å². The number of carbonyl (C=O) groups excluding carboxylic acids is 1. The lowest BCUT2D eigenvalue weighted by Crippen LogP contribution is -2.48. The Bertz CT molecular complexity index is 455. The number of nitrogens with zero attached hydrogens (tertiary/aromatic N) is 3. The second kappa shape index (κ2) is 9.66. The molecule has 4 heteroatoms. The van der Waals surface area contributed by atoms with Gasteiger partial charge in [-0.05, 0) is 51.4 Å². The van der Waals surface area contributed by atoms with E-state index < -0.39 is 0 Å². The summed E-state index contributed by atoms with van der Waals surface area (Å²) < 4.78 is 0. The van der Waals surface area contributed by atoms with Crippen LogP contribution >= 0.6 is 0 Å². The molecule has 1 amide bonds. The van der Waals surface area contributed by atoms with Gasteiger partial charge < -0.3 is 4.90 Å². The van der Waals surface area contributed by atoms with Crippen molar-refractivity contribution in [2.75, 3.05) is 26.2 Å². The number of pyridine rings is 1. The number of rotatable bonds is 7. The highest BCUT2D eigenvalue weighted by Gasteiger charge is 2.26. The molecule has 0 radical (unpaired) electrons. The number of hydrogen-bond donors (Lipinski definition) is 0. The van der Waals surface area contributed by atoms with Crippen LogP contribution in [0.4, 0.5) is 0 Å². The summed E-state index contributed by atoms with van der Waals surface area (Å²) >= 11 is 0. The SMILES string of the molecule is CCCN(CCc1ccccn1)C(=O)C(C)N1CCCCCC1. The normalized spacial score (nSPS) is 17.5. The molecule has 0 saturated carbocycles. The van der Waals surface area contributed by atoms with Crippen LogP contribution in [0.15, 0.2) is 24.4 Å². The molecule has 128 valence electrons. The smallest absolute Gasteiger partial charge is 0.239 e. The molecule has 1 aromatic rings. The summed E-state index contributed by atoms with van der Waals surface area (Å²) in [6.07, 6.45) is 8.70. The molecule has 0 spiro atoms. The highest BCUT2D eigenvalue weighted by Crippen LogP contribution is 2.14. The second-order valence-electron chi connectivity index (χ2n) is 6.52. The van der Waals surface area contributed by atoms with Gasteiger partial charge in [-0.2, -0.15) is 0 Å². The zero-order chi connectivity index (χ0) is 16.5. The second-order valence-corrected chi connectivity index (χ2v) is 6.52. The van der Waals surface area contributed by atoms with Crippen LogP contribution in [0.2, 0.25) is 0 Å². The minimum atomic E-state index is 0.00313. The Hall–Kier alpha value is -1.42. The molecule has 1 unspecified atom stereocenters. The Balaban J connectivity index is 1.93. The monoisotopic (exact) mass is 317 g/mol. The molecule has 2 heterocycles. The predicted molar refractivity (Wildman–Crippen MR) is 94.3 cm³/mol. The Kier molecular flexibility index (Phi) is 7.53. The predicted octanol–water partition coefficient (Wildman–Crippen LogP) is 3.13. The number of carbonyl (C=O) groups is 1. The van der Waals surface area contributed by atoms with Crippen molar-refractivity contribution in [3.8, 4) is 0 Å². The fourth-order valence-electron chi connectivity index (χ4n) is 3.30. The first-order chi connectivity index (χ1) is 11.2. The Morgan fingerprint density at radius 1 is 1.22 bits per heavy atom. The summed E-state index contributed by atoms with van der Waals surface area (Å²) in [5.41, 5.74) is 1.06. The fourth-order valence-corrected chi connectivity index (χ4v) is 3.30. The average molecular weight is 317 g/mol. The van der Waals surface area contributed by atoms with Gasteiger partial charge in [0.15, 0.2) is 0 Å². The number of hydrogen-bond acceptors (Lipinski definition) is 3. The molecule has 0 aliphatic carbocycles. The first kappa shape index (κ1) is 17.9. The maximum Gasteiger partial charge on any atom is 0.239 e. The lowest BCUT2D eigenvalue weighted by molar-refractivity contribution is -0.136. The average Bonchev–Trinajstić information content (AvgIpc) is 2.87. The van der Waals surface area contributed by atoms with E-state index in [1.807, 2.05) is 29.3 Å². The van der Waals surface area contributed by atoms with E-state index >= 15 is 0 Å². The van der Waals surface area contributed by atoms with E-state index in [2.05, 4.69) is 23.7 Å². The summed E-state index contributed by atoms with van der Waals surface area (Å²) in [6.45, 7) is 7.95. The number of aromatic nitrogens is 1. The Morgan fingerprint density at radius 2 is 1.96 bits per heavy atom. The van der Waals surface area contributed by atoms with Crippen LogP contribution in [0.25, 0.3) is 0 Å². The molecule has 1 aliphatic heterocycles. The van der Waals surface area contributed by atoms with Crippen molar-refractivity contribution < 1.29 is 4.79 Å². The molecule has 2 rings (SSSR count). The third-order valence-electron chi connectivity index (χ3n) is 4.71. The van der Waals surface area contributed by atoms with Crippen LogP contribution in [0, 0.1) is 0 Å². The molecule has 1 aliphatic rings. The van der Waals surface area contributed by atoms with E-state index in [1.54, 1.807) is 0 Å². The summed E-state index contributed by atoms with van der Waals surface area (Å²) in [6, 6.07) is 5.98. The highest BCUT2D eigenvalue weighted by molar-refractivity contribution is 5.81. The lowest BCUT2D eigenvalue weighted by atomic mass is 10.2. The van der Waals surface area contributed by atoms with Crippen LogP contribution in [-0.4, -0.2) is 52.9 Å². The Morgan fingerprint density at radius 3 is 2.57 bits per heavy atom. The third kappa shape index (κ3) is 5.61. The minimum absolute atomic E-state index is 0.00313. The molecule has 0 bridgehead atoms. The zero-order valence-corrected chi connectivity index (χ0v) is 14.7. The zero-order valence-electron chi connectivity index (χ0n) is 14.7. The lowest BCUT2D eigenvalue weighted by Gasteiger charge is -2.32. The van der Waals surface area contributed by atoms with Crippen molar-refractivity contribution in [2.24, 2.45) is 0 Å². The summed E-state index contributed by atoms with van der Waals surface area (Å²) in [7, 11) is 0. The highest BCUT2D eigenvalue weighted by atomic mass is 16.2. The molecule has 1 saturated heterocycles. The van der Waals surface area contributed by atoms with Gasteiger partial charge in [0, 0.05) is 31.4 Å². The third-order valence-corrected chi connectivity index (χ3v) is 4.71. The Labute approximate surface area is 140 Å². The molecule has 0 N–H and O–H groups in total. The van der Waals surface area contributed by atoms with Gasteiger partial charge in [-0.1, -0.05) is 25.8 Å². The van der Waals surface area contributed by atoms with Crippen LogP contribution in [-0.2, 0) is 11.2 Å². The van der Waals surface area contributed by atoms with E-state index in [1.165, 1.54) is 25.7 Å². The van der Waals surface area contributed by atoms with Gasteiger partial charge in [-0.3, -0.25) is 14.7 Å². The number of amides is 1. The van der Waals surface area contributed by atoms with Gasteiger partial charge in [0.1, 0.15) is 0 Å². The number of likely N-dealkylation sites (tertiary alicyclic amines) is 1. The molecular weight excluding hydrogens is 286 g/mol. The van der Waals surface area contributed by atoms with Crippen LogP contribution in [0.5, 0.6) is 0 Å². The first-order valence-electron chi connectivity index (χ1n) is 9.15. The fraction of sp³-hybridized carbons (Fsp3) is 0.684. The minimum Gasteiger partial charge on any atom is -0.341 e. The molecule has 4 nitrogen and oxygen atoms in total. The van der Waals surface area contributed by atoms with Crippen LogP contribution in [0.3, 0.4) is 0 Å². The largest absolute Gasteiger partial charge is 0.341 e. The summed E-state index contributed by atoms with van der Waals surface area (Å²) in [4.78, 5) is 21.7. The molecular formula is C19H31N3O. The van der Waals surface area contributed by atoms with Gasteiger partial charge in [0.05, 0.1) is 6.04 Å². The van der Waals surface area contributed by atoms with Crippen LogP contribution in [0.1, 0.15) is 51.6 Å². The van der Waals surface area contributed by atoms with Gasteiger partial charge in [-0.25, -0.2) is 0 Å². The quantitative estimate of drug-likeness (QED) is 0.775. The van der Waals surface area contributed by atoms with Gasteiger partial charge >= 0.3 is 0 Å². The van der Waals surface area contributed by atoms with Crippen LogP contribution < -0.4 is 0 Å². The van der Waals surface area contributed by atoms with Gasteiger partial charge in [0.2, 0.25) is 5.91 Å². The molecule has 1 aromatic heterocycles. The van der Waals surface area contributed by atoms with E-state index in [0.29, 0.717) is 0 Å². The molecule has 0 aromatic carbocycles. The molecule has 1 atom stereocenters. The molecule has 1 fully saturated rings. The van der Waals surface area contributed by atoms with E-state index in [9.17, 15) is 4.79 Å². The van der Waals surface area contributed by atoms with E-state index in [4.69, 9.17) is 0 Å². The van der Waals surface area contributed by atoms with E-state index in [0.717, 1.165) is 44.7 Å². The van der Waals surface area contributed by atoms with Crippen molar-refractivity contribution in [3.05, 3.63) is 30.1 Å².